The summed E-state index contributed by atoms with van der Waals surface area (Å²) in [5.74, 6) is 3.73. The summed E-state index contributed by atoms with van der Waals surface area (Å²) in [6, 6.07) is 13.7. The number of fused-ring (bicyclic) bond motifs is 2. The topological polar surface area (TPSA) is 44.3 Å². The molecule has 5 nitrogen and oxygen atoms in total. The van der Waals surface area contributed by atoms with Crippen molar-refractivity contribution < 1.29 is 0 Å². The van der Waals surface area contributed by atoms with Gasteiger partial charge in [0.15, 0.2) is 0 Å². The first-order valence-corrected chi connectivity index (χ1v) is 17.0. The predicted octanol–water partition coefficient (Wildman–Crippen LogP) is 5.70. The summed E-state index contributed by atoms with van der Waals surface area (Å²) < 4.78 is 4.04. The number of hydrogen-bond acceptors (Lipinski definition) is 5. The molecule has 1 saturated heterocycles. The number of rotatable bonds is 6. The summed E-state index contributed by atoms with van der Waals surface area (Å²) in [6.45, 7) is 9.59. The van der Waals surface area contributed by atoms with Crippen molar-refractivity contribution >= 4 is 37.4 Å². The molecule has 3 fully saturated rings. The molecule has 2 heterocycles. The molecule has 2 aromatic rings. The summed E-state index contributed by atoms with van der Waals surface area (Å²) >= 11 is -0.933. The Morgan fingerprint density at radius 1 is 1.09 bits per heavy atom. The first-order chi connectivity index (χ1) is 15.7. The van der Waals surface area contributed by atoms with Gasteiger partial charge in [0.05, 0.1) is 0 Å². The molecule has 2 saturated carbocycles. The standard InChI is InChI=1S/C27H40IN5/c1-26(2)21-11-12-27(3,18-21)24(26)29-22-17-23(32(4)5)31-25(30-22)33-15-13-28(14-16-33)19-20-9-7-6-8-10-20/h6-10,17,21,24H,11-16,18-19H2,1-5H3,(H,29,30,31). The van der Waals surface area contributed by atoms with E-state index in [9.17, 15) is 0 Å². The van der Waals surface area contributed by atoms with Crippen LogP contribution in [0, 0.1) is 16.7 Å². The van der Waals surface area contributed by atoms with Crippen LogP contribution in [0.5, 0.6) is 0 Å². The minimum atomic E-state index is -0.933. The van der Waals surface area contributed by atoms with Crippen molar-refractivity contribution in [3.63, 3.8) is 0 Å². The van der Waals surface area contributed by atoms with Gasteiger partial charge in [-0.05, 0) is 0 Å². The number of nitrogens with zero attached hydrogens (tertiary/aromatic N) is 4. The van der Waals surface area contributed by atoms with E-state index in [0.717, 1.165) is 36.6 Å². The van der Waals surface area contributed by atoms with Crippen LogP contribution in [0.4, 0.5) is 17.6 Å². The van der Waals surface area contributed by atoms with Crippen molar-refractivity contribution in [2.45, 2.75) is 50.5 Å². The molecule has 3 aliphatic rings. The molecule has 2 aliphatic carbocycles. The van der Waals surface area contributed by atoms with Gasteiger partial charge >= 0.3 is 208 Å². The van der Waals surface area contributed by atoms with Crippen LogP contribution in [0.2, 0.25) is 0 Å². The normalized spacial score (nSPS) is 29.4. The summed E-state index contributed by atoms with van der Waals surface area (Å²) in [6.07, 6.45) is 4.05. The summed E-state index contributed by atoms with van der Waals surface area (Å²) in [5.41, 5.74) is 2.20. The van der Waals surface area contributed by atoms with Crippen LogP contribution in [0.15, 0.2) is 36.4 Å². The average molecular weight is 562 g/mol. The van der Waals surface area contributed by atoms with Crippen LogP contribution < -0.4 is 15.1 Å². The molecule has 0 amide bonds. The maximum atomic E-state index is 5.09. The summed E-state index contributed by atoms with van der Waals surface area (Å²) in [4.78, 5) is 14.6. The zero-order valence-corrected chi connectivity index (χ0v) is 23.1. The van der Waals surface area contributed by atoms with E-state index < -0.39 is 19.8 Å². The van der Waals surface area contributed by atoms with E-state index in [1.54, 1.807) is 0 Å². The fourth-order valence-corrected chi connectivity index (χ4v) is 12.0. The van der Waals surface area contributed by atoms with Crippen LogP contribution in [-0.2, 0) is 4.43 Å². The molecule has 1 aromatic carbocycles. The van der Waals surface area contributed by atoms with E-state index in [1.807, 2.05) is 0 Å². The third-order valence-electron chi connectivity index (χ3n) is 8.43. The molecule has 0 radical (unpaired) electrons. The van der Waals surface area contributed by atoms with Gasteiger partial charge < -0.3 is 0 Å². The maximum absolute atomic E-state index is 5.09. The predicted molar refractivity (Wildman–Crippen MR) is 149 cm³/mol. The van der Waals surface area contributed by atoms with E-state index in [-0.39, 0.29) is 0 Å². The Bertz CT molecular complexity index is 965. The Morgan fingerprint density at radius 2 is 1.82 bits per heavy atom. The van der Waals surface area contributed by atoms with Crippen LogP contribution in [0.1, 0.15) is 45.6 Å². The van der Waals surface area contributed by atoms with E-state index in [2.05, 4.69) is 86.4 Å². The number of anilines is 3. The van der Waals surface area contributed by atoms with Crippen LogP contribution >= 0.6 is 19.8 Å². The van der Waals surface area contributed by atoms with Crippen LogP contribution in [-0.4, -0.2) is 52.0 Å². The molecule has 0 spiro atoms. The van der Waals surface area contributed by atoms with Crippen molar-refractivity contribution in [2.24, 2.45) is 16.7 Å². The van der Waals surface area contributed by atoms with Gasteiger partial charge in [0, 0.05) is 0 Å². The fraction of sp³-hybridized carbons (Fsp3) is 0.630. The molecule has 3 unspecified atom stereocenters. The fourth-order valence-electron chi connectivity index (χ4n) is 6.44. The van der Waals surface area contributed by atoms with Gasteiger partial charge in [0.25, 0.3) is 0 Å². The van der Waals surface area contributed by atoms with Crippen molar-refractivity contribution in [1.82, 2.24) is 9.97 Å². The molecule has 2 bridgehead atoms. The van der Waals surface area contributed by atoms with E-state index in [4.69, 9.17) is 9.97 Å². The van der Waals surface area contributed by atoms with Crippen molar-refractivity contribution in [3.05, 3.63) is 42.0 Å². The number of alkyl halides is 3. The number of hydrogen-bond donors (Lipinski definition) is 1. The van der Waals surface area contributed by atoms with Gasteiger partial charge in [0.1, 0.15) is 0 Å². The number of nitrogens with one attached hydrogen (secondary N) is 1. The number of benzene rings is 1. The Kier molecular flexibility index (Phi) is 6.25. The quantitative estimate of drug-likeness (QED) is 0.363. The van der Waals surface area contributed by atoms with Gasteiger partial charge in [-0.1, -0.05) is 0 Å². The zero-order chi connectivity index (χ0) is 23.2. The first-order valence-electron chi connectivity index (χ1n) is 12.4. The van der Waals surface area contributed by atoms with Gasteiger partial charge in [-0.15, -0.1) is 0 Å². The van der Waals surface area contributed by atoms with E-state index >= 15 is 0 Å². The molecule has 3 atom stereocenters. The molecular formula is C27H40IN5. The van der Waals surface area contributed by atoms with Gasteiger partial charge in [-0.25, -0.2) is 0 Å². The Hall–Kier alpha value is -1.57. The molecular weight excluding hydrogens is 521 g/mol. The zero-order valence-electron chi connectivity index (χ0n) is 20.9. The Labute approximate surface area is 207 Å². The second kappa shape index (κ2) is 8.90. The molecule has 180 valence electrons. The van der Waals surface area contributed by atoms with Crippen LogP contribution in [0.3, 0.4) is 0 Å². The first kappa shape index (κ1) is 23.2. The molecule has 1 N–H and O–H groups in total. The van der Waals surface area contributed by atoms with Crippen LogP contribution in [0.25, 0.3) is 0 Å². The molecule has 6 heteroatoms. The number of aromatic nitrogens is 2. The van der Waals surface area contributed by atoms with Gasteiger partial charge in [-0.3, -0.25) is 0 Å². The average Bonchev–Trinajstić information content (AvgIpc) is 3.29. The second-order valence-corrected chi connectivity index (χ2v) is 17.5. The van der Waals surface area contributed by atoms with Gasteiger partial charge in [-0.2, -0.15) is 0 Å². The van der Waals surface area contributed by atoms with Crippen molar-refractivity contribution in [3.8, 4) is 0 Å². The number of halogens is 1. The van der Waals surface area contributed by atoms with E-state index in [0.29, 0.717) is 16.9 Å². The summed E-state index contributed by atoms with van der Waals surface area (Å²) in [7, 11) is 4.16. The van der Waals surface area contributed by atoms with Gasteiger partial charge in [0.2, 0.25) is 0 Å². The van der Waals surface area contributed by atoms with E-state index in [1.165, 1.54) is 38.1 Å². The molecule has 5 rings (SSSR count). The van der Waals surface area contributed by atoms with Crippen molar-refractivity contribution in [2.75, 3.05) is 51.2 Å². The second-order valence-electron chi connectivity index (χ2n) is 11.3. The molecule has 1 aliphatic heterocycles. The third kappa shape index (κ3) is 4.56. The minimum absolute atomic E-state index is 0.304. The SMILES string of the molecule is CN(C)c1cc(NC2C3(C)CCC(C3)C2(C)C)nc(N2CCI(Cc3ccccc3)CC2)n1. The Balaban J connectivity index is 1.32. The van der Waals surface area contributed by atoms with Crippen molar-refractivity contribution in [1.29, 1.82) is 0 Å². The Morgan fingerprint density at radius 3 is 2.45 bits per heavy atom. The molecule has 1 aromatic heterocycles. The molecule has 33 heavy (non-hydrogen) atoms. The summed E-state index contributed by atoms with van der Waals surface area (Å²) in [5, 5.41) is 3.92. The third-order valence-corrected chi connectivity index (χ3v) is 14.4. The monoisotopic (exact) mass is 561 g/mol.